The Bertz CT molecular complexity index is 1090. The van der Waals surface area contributed by atoms with Gasteiger partial charge in [0.2, 0.25) is 15.9 Å². The summed E-state index contributed by atoms with van der Waals surface area (Å²) in [6.07, 6.45) is 2.88. The maximum atomic E-state index is 13.1. The molecule has 174 valence electrons. The monoisotopic (exact) mass is 462 g/mol. The van der Waals surface area contributed by atoms with E-state index in [0.717, 1.165) is 19.3 Å². The molecule has 1 saturated heterocycles. The van der Waals surface area contributed by atoms with Crippen LogP contribution in [0.15, 0.2) is 29.2 Å². The maximum absolute atomic E-state index is 13.1. The van der Waals surface area contributed by atoms with Gasteiger partial charge in [-0.3, -0.25) is 9.48 Å². The van der Waals surface area contributed by atoms with Crippen molar-refractivity contribution in [1.29, 1.82) is 0 Å². The van der Waals surface area contributed by atoms with Crippen LogP contribution in [0, 0.1) is 13.8 Å². The van der Waals surface area contributed by atoms with Gasteiger partial charge in [-0.15, -0.1) is 0 Å². The van der Waals surface area contributed by atoms with E-state index >= 15 is 0 Å². The van der Waals surface area contributed by atoms with Gasteiger partial charge in [-0.1, -0.05) is 12.5 Å². The van der Waals surface area contributed by atoms with E-state index < -0.39 is 16.0 Å². The van der Waals surface area contributed by atoms with Crippen molar-refractivity contribution in [2.24, 2.45) is 0 Å². The SMILES string of the molecule is CCOC(=O)c1cccc(NC(=O)CCn2nc(C)c(S(=O)(=O)N3CCCCC3)c2C)c1. The highest BCUT2D eigenvalue weighted by molar-refractivity contribution is 7.89. The summed E-state index contributed by atoms with van der Waals surface area (Å²) in [5, 5.41) is 7.14. The van der Waals surface area contributed by atoms with Crippen LogP contribution < -0.4 is 5.32 Å². The molecule has 1 amide bonds. The zero-order valence-electron chi connectivity index (χ0n) is 18.8. The molecule has 2 aromatic rings. The average molecular weight is 463 g/mol. The van der Waals surface area contributed by atoms with Gasteiger partial charge in [0.25, 0.3) is 0 Å². The molecule has 0 bridgehead atoms. The van der Waals surface area contributed by atoms with Gasteiger partial charge in [-0.2, -0.15) is 9.40 Å². The van der Waals surface area contributed by atoms with Crippen LogP contribution in [0.5, 0.6) is 0 Å². The molecular weight excluding hydrogens is 432 g/mol. The number of carbonyl (C=O) groups is 2. The standard InChI is InChI=1S/C22H30N4O5S/c1-4-31-22(28)18-9-8-10-19(15-18)23-20(27)11-14-26-17(3)21(16(2)24-26)32(29,30)25-12-6-5-7-13-25/h8-10,15H,4-7,11-14H2,1-3H3,(H,23,27). The fourth-order valence-electron chi connectivity index (χ4n) is 3.88. The first-order valence-electron chi connectivity index (χ1n) is 10.8. The number of hydrogen-bond donors (Lipinski definition) is 1. The van der Waals surface area contributed by atoms with Crippen LogP contribution in [-0.4, -0.2) is 54.1 Å². The smallest absolute Gasteiger partial charge is 0.338 e. The van der Waals surface area contributed by atoms with E-state index in [2.05, 4.69) is 10.4 Å². The fraction of sp³-hybridized carbons (Fsp3) is 0.500. The van der Waals surface area contributed by atoms with E-state index in [1.807, 2.05) is 0 Å². The second-order valence-corrected chi connectivity index (χ2v) is 9.66. The second kappa shape index (κ2) is 10.3. The van der Waals surface area contributed by atoms with Gasteiger partial charge in [-0.25, -0.2) is 13.2 Å². The Morgan fingerprint density at radius 1 is 1.16 bits per heavy atom. The minimum Gasteiger partial charge on any atom is -0.462 e. The van der Waals surface area contributed by atoms with Crippen LogP contribution in [0.2, 0.25) is 0 Å². The summed E-state index contributed by atoms with van der Waals surface area (Å²) in [7, 11) is -3.60. The Hall–Kier alpha value is -2.72. The predicted molar refractivity (Wildman–Crippen MR) is 120 cm³/mol. The van der Waals surface area contributed by atoms with E-state index in [0.29, 0.717) is 35.7 Å². The number of aryl methyl sites for hydroxylation is 2. The third-order valence-corrected chi connectivity index (χ3v) is 7.59. The average Bonchev–Trinajstić information content (AvgIpc) is 3.07. The molecule has 9 nitrogen and oxygen atoms in total. The van der Waals surface area contributed by atoms with Crippen molar-refractivity contribution < 1.29 is 22.7 Å². The summed E-state index contributed by atoms with van der Waals surface area (Å²) in [6.45, 7) is 6.70. The molecule has 1 fully saturated rings. The molecule has 0 saturated carbocycles. The Kier molecular flexibility index (Phi) is 7.68. The molecular formula is C22H30N4O5S. The van der Waals surface area contributed by atoms with Gasteiger partial charge < -0.3 is 10.1 Å². The summed E-state index contributed by atoms with van der Waals surface area (Å²) < 4.78 is 34.3. The quantitative estimate of drug-likeness (QED) is 0.604. The lowest BCUT2D eigenvalue weighted by Crippen LogP contribution is -2.36. The Morgan fingerprint density at radius 3 is 2.56 bits per heavy atom. The number of ether oxygens (including phenoxy) is 1. The van der Waals surface area contributed by atoms with Crippen molar-refractivity contribution in [3.05, 3.63) is 41.2 Å². The molecule has 1 aromatic carbocycles. The van der Waals surface area contributed by atoms with Crippen molar-refractivity contribution in [2.45, 2.75) is 57.9 Å². The molecule has 0 aliphatic carbocycles. The predicted octanol–water partition coefficient (Wildman–Crippen LogP) is 2.88. The molecule has 3 rings (SSSR count). The highest BCUT2D eigenvalue weighted by Gasteiger charge is 2.31. The van der Waals surface area contributed by atoms with Crippen LogP contribution >= 0.6 is 0 Å². The van der Waals surface area contributed by atoms with Crippen molar-refractivity contribution >= 4 is 27.6 Å². The second-order valence-electron chi connectivity index (χ2n) is 7.79. The topological polar surface area (TPSA) is 111 Å². The molecule has 1 N–H and O–H groups in total. The molecule has 32 heavy (non-hydrogen) atoms. The minimum atomic E-state index is -3.60. The van der Waals surface area contributed by atoms with Gasteiger partial charge in [-0.05, 0) is 51.8 Å². The molecule has 0 spiro atoms. The molecule has 0 unspecified atom stereocenters. The van der Waals surface area contributed by atoms with Crippen molar-refractivity contribution in [1.82, 2.24) is 14.1 Å². The van der Waals surface area contributed by atoms with E-state index in [-0.39, 0.29) is 30.4 Å². The maximum Gasteiger partial charge on any atom is 0.338 e. The number of piperidine rings is 1. The summed E-state index contributed by atoms with van der Waals surface area (Å²) >= 11 is 0. The van der Waals surface area contributed by atoms with E-state index in [9.17, 15) is 18.0 Å². The highest BCUT2D eigenvalue weighted by Crippen LogP contribution is 2.26. The molecule has 0 radical (unpaired) electrons. The number of amides is 1. The van der Waals surface area contributed by atoms with Gasteiger partial charge in [0.05, 0.1) is 30.1 Å². The number of aromatic nitrogens is 2. The number of benzene rings is 1. The molecule has 2 heterocycles. The summed E-state index contributed by atoms with van der Waals surface area (Å²) in [5.74, 6) is -0.715. The molecule has 10 heteroatoms. The normalized spacial score (nSPS) is 14.8. The first-order valence-corrected chi connectivity index (χ1v) is 12.3. The lowest BCUT2D eigenvalue weighted by molar-refractivity contribution is -0.116. The van der Waals surface area contributed by atoms with Gasteiger partial charge in [0.15, 0.2) is 0 Å². The van der Waals surface area contributed by atoms with Crippen LogP contribution in [-0.2, 0) is 26.1 Å². The van der Waals surface area contributed by atoms with Crippen molar-refractivity contribution in [2.75, 3.05) is 25.0 Å². The highest BCUT2D eigenvalue weighted by atomic mass is 32.2. The number of hydrogen-bond acceptors (Lipinski definition) is 6. The third-order valence-electron chi connectivity index (χ3n) is 5.44. The zero-order valence-corrected chi connectivity index (χ0v) is 19.6. The number of esters is 1. The molecule has 1 aliphatic rings. The molecule has 0 atom stereocenters. The number of rotatable bonds is 8. The molecule has 1 aliphatic heterocycles. The number of nitrogens with one attached hydrogen (secondary N) is 1. The number of anilines is 1. The first kappa shape index (κ1) is 23.9. The van der Waals surface area contributed by atoms with Crippen LogP contribution in [0.25, 0.3) is 0 Å². The summed E-state index contributed by atoms with van der Waals surface area (Å²) in [4.78, 5) is 24.5. The van der Waals surface area contributed by atoms with Crippen molar-refractivity contribution in [3.8, 4) is 0 Å². The van der Waals surface area contributed by atoms with Crippen molar-refractivity contribution in [3.63, 3.8) is 0 Å². The summed E-state index contributed by atoms with van der Waals surface area (Å²) in [6, 6.07) is 6.53. The summed E-state index contributed by atoms with van der Waals surface area (Å²) in [5.41, 5.74) is 1.82. The number of nitrogens with zero attached hydrogens (tertiary/aromatic N) is 3. The lowest BCUT2D eigenvalue weighted by atomic mass is 10.2. The first-order chi connectivity index (χ1) is 15.2. The Labute approximate surface area is 188 Å². The number of sulfonamides is 1. The largest absolute Gasteiger partial charge is 0.462 e. The third kappa shape index (κ3) is 5.36. The van der Waals surface area contributed by atoms with Gasteiger partial charge in [0, 0.05) is 25.2 Å². The van der Waals surface area contributed by atoms with E-state index in [1.165, 1.54) is 4.31 Å². The number of carbonyl (C=O) groups excluding carboxylic acids is 2. The lowest BCUT2D eigenvalue weighted by Gasteiger charge is -2.26. The fourth-order valence-corrected chi connectivity index (χ4v) is 5.77. The van der Waals surface area contributed by atoms with Gasteiger partial charge in [0.1, 0.15) is 4.90 Å². The van der Waals surface area contributed by atoms with Crippen LogP contribution in [0.3, 0.4) is 0 Å². The van der Waals surface area contributed by atoms with Crippen LogP contribution in [0.4, 0.5) is 5.69 Å². The zero-order chi connectivity index (χ0) is 23.3. The van der Waals surface area contributed by atoms with E-state index in [4.69, 9.17) is 4.74 Å². The Balaban J connectivity index is 1.66. The van der Waals surface area contributed by atoms with E-state index in [1.54, 1.807) is 49.7 Å². The minimum absolute atomic E-state index is 0.106. The Morgan fingerprint density at radius 2 is 1.88 bits per heavy atom. The van der Waals surface area contributed by atoms with Crippen LogP contribution in [0.1, 0.15) is 54.4 Å². The van der Waals surface area contributed by atoms with Gasteiger partial charge >= 0.3 is 5.97 Å². The molecule has 1 aromatic heterocycles.